The molecule has 0 aliphatic rings. The first-order valence-corrected chi connectivity index (χ1v) is 7.24. The molecular weight excluding hydrogens is 332 g/mol. The Labute approximate surface area is 141 Å². The van der Waals surface area contributed by atoms with Crippen LogP contribution in [0.3, 0.4) is 0 Å². The van der Waals surface area contributed by atoms with Gasteiger partial charge in [0, 0.05) is 11.1 Å². The largest absolute Gasteiger partial charge is 0.497 e. The topological polar surface area (TPSA) is 77.2 Å². The molecule has 128 valence electrons. The van der Waals surface area contributed by atoms with Crippen LogP contribution in [0.4, 0.5) is 8.78 Å². The Morgan fingerprint density at radius 2 is 2.04 bits per heavy atom. The van der Waals surface area contributed by atoms with E-state index in [1.807, 2.05) is 0 Å². The standard InChI is InChI=1S/C17H13F2N3O3/c1-25-13-4-2-3-10(8-13)16-15(17(23)24)20-21-22(16)9-11-7-12(18)5-6-14(11)19/h2-8H,9H2,1H3,(H,23,24). The summed E-state index contributed by atoms with van der Waals surface area (Å²) in [6.45, 7) is -0.170. The summed E-state index contributed by atoms with van der Waals surface area (Å²) in [4.78, 5) is 11.5. The molecular formula is C17H13F2N3O3. The van der Waals surface area contributed by atoms with E-state index < -0.39 is 17.6 Å². The number of methoxy groups -OCH3 is 1. The second-order valence-electron chi connectivity index (χ2n) is 5.22. The van der Waals surface area contributed by atoms with Gasteiger partial charge in [-0.1, -0.05) is 17.3 Å². The van der Waals surface area contributed by atoms with Crippen LogP contribution in [0.1, 0.15) is 16.1 Å². The molecule has 0 spiro atoms. The number of aromatic carboxylic acids is 1. The van der Waals surface area contributed by atoms with Crippen molar-refractivity contribution in [1.29, 1.82) is 0 Å². The number of carboxylic acid groups (broad SMARTS) is 1. The predicted octanol–water partition coefficient (Wildman–Crippen LogP) is 2.98. The third-order valence-electron chi connectivity index (χ3n) is 3.61. The Balaban J connectivity index is 2.11. The molecule has 0 radical (unpaired) electrons. The van der Waals surface area contributed by atoms with E-state index in [9.17, 15) is 18.7 Å². The Morgan fingerprint density at radius 3 is 2.76 bits per heavy atom. The number of hydrogen-bond acceptors (Lipinski definition) is 4. The minimum Gasteiger partial charge on any atom is -0.497 e. The first-order valence-electron chi connectivity index (χ1n) is 7.24. The van der Waals surface area contributed by atoms with Crippen LogP contribution in [-0.2, 0) is 6.54 Å². The summed E-state index contributed by atoms with van der Waals surface area (Å²) in [5, 5.41) is 16.8. The minimum atomic E-state index is -1.27. The number of hydrogen-bond donors (Lipinski definition) is 1. The van der Waals surface area contributed by atoms with Gasteiger partial charge in [0.05, 0.1) is 13.7 Å². The summed E-state index contributed by atoms with van der Waals surface area (Å²) in [5.41, 5.74) is 0.407. The number of nitrogens with zero attached hydrogens (tertiary/aromatic N) is 3. The fraction of sp³-hybridized carbons (Fsp3) is 0.118. The van der Waals surface area contributed by atoms with Gasteiger partial charge in [-0.25, -0.2) is 18.3 Å². The Bertz CT molecular complexity index is 941. The van der Waals surface area contributed by atoms with Crippen molar-refractivity contribution in [2.45, 2.75) is 6.54 Å². The lowest BCUT2D eigenvalue weighted by molar-refractivity contribution is 0.0691. The first kappa shape index (κ1) is 16.6. The molecule has 0 bridgehead atoms. The molecule has 2 aromatic carbocycles. The van der Waals surface area contributed by atoms with E-state index >= 15 is 0 Å². The van der Waals surface area contributed by atoms with Crippen molar-refractivity contribution in [2.24, 2.45) is 0 Å². The summed E-state index contributed by atoms with van der Waals surface area (Å²) in [6, 6.07) is 9.70. The molecule has 1 heterocycles. The van der Waals surface area contributed by atoms with Crippen LogP contribution in [0.15, 0.2) is 42.5 Å². The molecule has 3 aromatic rings. The molecule has 0 saturated carbocycles. The van der Waals surface area contributed by atoms with Gasteiger partial charge in [0.25, 0.3) is 0 Å². The Hall–Kier alpha value is -3.29. The van der Waals surface area contributed by atoms with E-state index in [1.165, 1.54) is 11.8 Å². The van der Waals surface area contributed by atoms with Gasteiger partial charge in [-0.2, -0.15) is 0 Å². The fourth-order valence-corrected chi connectivity index (χ4v) is 2.45. The van der Waals surface area contributed by atoms with Crippen molar-refractivity contribution in [3.8, 4) is 17.0 Å². The zero-order valence-electron chi connectivity index (χ0n) is 13.1. The molecule has 0 unspecified atom stereocenters. The van der Waals surface area contributed by atoms with Crippen LogP contribution in [0.5, 0.6) is 5.75 Å². The number of benzene rings is 2. The van der Waals surface area contributed by atoms with Gasteiger partial charge < -0.3 is 9.84 Å². The van der Waals surface area contributed by atoms with Crippen LogP contribution >= 0.6 is 0 Å². The van der Waals surface area contributed by atoms with Crippen molar-refractivity contribution in [3.05, 3.63) is 65.4 Å². The highest BCUT2D eigenvalue weighted by Gasteiger charge is 2.22. The van der Waals surface area contributed by atoms with Gasteiger partial charge in [-0.3, -0.25) is 0 Å². The van der Waals surface area contributed by atoms with Crippen molar-refractivity contribution >= 4 is 5.97 Å². The SMILES string of the molecule is COc1cccc(-c2c(C(=O)O)nnn2Cc2cc(F)ccc2F)c1. The smallest absolute Gasteiger partial charge is 0.358 e. The van der Waals surface area contributed by atoms with E-state index in [1.54, 1.807) is 24.3 Å². The van der Waals surface area contributed by atoms with E-state index in [0.717, 1.165) is 18.2 Å². The van der Waals surface area contributed by atoms with E-state index in [-0.39, 0.29) is 23.5 Å². The maximum absolute atomic E-state index is 13.9. The molecule has 0 aliphatic heterocycles. The highest BCUT2D eigenvalue weighted by molar-refractivity contribution is 5.92. The predicted molar refractivity (Wildman–Crippen MR) is 84.4 cm³/mol. The summed E-state index contributed by atoms with van der Waals surface area (Å²) >= 11 is 0. The fourth-order valence-electron chi connectivity index (χ4n) is 2.45. The third kappa shape index (κ3) is 3.32. The van der Waals surface area contributed by atoms with Crippen LogP contribution in [0.2, 0.25) is 0 Å². The number of ether oxygens (including phenoxy) is 1. The lowest BCUT2D eigenvalue weighted by atomic mass is 10.1. The second-order valence-corrected chi connectivity index (χ2v) is 5.22. The molecule has 1 aromatic heterocycles. The Morgan fingerprint density at radius 1 is 1.24 bits per heavy atom. The average Bonchev–Trinajstić information content (AvgIpc) is 3.02. The molecule has 0 fully saturated rings. The van der Waals surface area contributed by atoms with Crippen LogP contribution in [0.25, 0.3) is 11.3 Å². The summed E-state index contributed by atoms with van der Waals surface area (Å²) in [5.74, 6) is -1.98. The van der Waals surface area contributed by atoms with Crippen LogP contribution < -0.4 is 4.74 Å². The molecule has 25 heavy (non-hydrogen) atoms. The molecule has 6 nitrogen and oxygen atoms in total. The monoisotopic (exact) mass is 345 g/mol. The number of rotatable bonds is 5. The molecule has 3 rings (SSSR count). The zero-order valence-corrected chi connectivity index (χ0v) is 13.1. The van der Waals surface area contributed by atoms with Crippen molar-refractivity contribution < 1.29 is 23.4 Å². The van der Waals surface area contributed by atoms with Gasteiger partial charge >= 0.3 is 5.97 Å². The van der Waals surface area contributed by atoms with Crippen LogP contribution in [-0.4, -0.2) is 33.2 Å². The third-order valence-corrected chi connectivity index (χ3v) is 3.61. The van der Waals surface area contributed by atoms with Gasteiger partial charge in [0.2, 0.25) is 0 Å². The molecule has 8 heteroatoms. The Kier molecular flexibility index (Phi) is 4.42. The van der Waals surface area contributed by atoms with E-state index in [0.29, 0.717) is 11.3 Å². The molecule has 1 N–H and O–H groups in total. The van der Waals surface area contributed by atoms with E-state index in [2.05, 4.69) is 10.3 Å². The van der Waals surface area contributed by atoms with Crippen molar-refractivity contribution in [2.75, 3.05) is 7.11 Å². The molecule has 0 amide bonds. The summed E-state index contributed by atoms with van der Waals surface area (Å²) in [6.07, 6.45) is 0. The van der Waals surface area contributed by atoms with E-state index in [4.69, 9.17) is 4.74 Å². The molecule has 0 atom stereocenters. The highest BCUT2D eigenvalue weighted by atomic mass is 19.1. The maximum Gasteiger partial charge on any atom is 0.358 e. The summed E-state index contributed by atoms with van der Waals surface area (Å²) in [7, 11) is 1.48. The van der Waals surface area contributed by atoms with Crippen molar-refractivity contribution in [3.63, 3.8) is 0 Å². The van der Waals surface area contributed by atoms with Gasteiger partial charge in [0.1, 0.15) is 23.1 Å². The minimum absolute atomic E-state index is 0.0333. The van der Waals surface area contributed by atoms with Gasteiger partial charge in [0.15, 0.2) is 5.69 Å². The maximum atomic E-state index is 13.9. The van der Waals surface area contributed by atoms with Gasteiger partial charge in [-0.15, -0.1) is 5.10 Å². The lowest BCUT2D eigenvalue weighted by Crippen LogP contribution is -2.08. The van der Waals surface area contributed by atoms with Crippen LogP contribution in [0, 0.1) is 11.6 Å². The number of halogens is 2. The quantitative estimate of drug-likeness (QED) is 0.769. The number of aromatic nitrogens is 3. The number of carboxylic acids is 1. The first-order chi connectivity index (χ1) is 12.0. The zero-order chi connectivity index (χ0) is 18.0. The lowest BCUT2D eigenvalue weighted by Gasteiger charge is -2.09. The normalized spacial score (nSPS) is 10.7. The number of carbonyl (C=O) groups is 1. The van der Waals surface area contributed by atoms with Crippen molar-refractivity contribution in [1.82, 2.24) is 15.0 Å². The average molecular weight is 345 g/mol. The molecule has 0 aliphatic carbocycles. The second kappa shape index (κ2) is 6.68. The van der Waals surface area contributed by atoms with Gasteiger partial charge in [-0.05, 0) is 30.3 Å². The molecule has 0 saturated heterocycles. The summed E-state index contributed by atoms with van der Waals surface area (Å²) < 4.78 is 33.6. The highest BCUT2D eigenvalue weighted by Crippen LogP contribution is 2.27.